The molecule has 2 aliphatic carbocycles. The number of imidazole rings is 2. The third kappa shape index (κ3) is 14.1. The molecule has 2 amide bonds. The van der Waals surface area contributed by atoms with Crippen molar-refractivity contribution < 1.29 is 61.1 Å². The fourth-order valence-electron chi connectivity index (χ4n) is 15.1. The number of nitrogens with one attached hydrogen (secondary N) is 3. The van der Waals surface area contributed by atoms with Crippen molar-refractivity contribution in [3.8, 4) is 23.0 Å². The van der Waals surface area contributed by atoms with Crippen LogP contribution in [-0.4, -0.2) is 137 Å². The van der Waals surface area contributed by atoms with E-state index >= 15 is 0 Å². The molecule has 4 aromatic heterocycles. The first kappa shape index (κ1) is 73.3. The molecule has 0 radical (unpaired) electrons. The summed E-state index contributed by atoms with van der Waals surface area (Å²) >= 11 is 6.74. The van der Waals surface area contributed by atoms with Crippen LogP contribution in [0.3, 0.4) is 0 Å². The highest BCUT2D eigenvalue weighted by molar-refractivity contribution is 8.07. The van der Waals surface area contributed by atoms with E-state index < -0.39 is 77.4 Å². The summed E-state index contributed by atoms with van der Waals surface area (Å²) in [4.78, 5) is 71.1. The SMILES string of the molecule is [C-]#[N+]CCOP(=S)(OC[C@H]1O[C@@H](n2cnc3c(=O)[nH]c(NC(=O)C(C)C)nc32)[C@H](OC(c2ccccc2)(c2ccc(OC)cc2)c2ccc(OC)cc2)[C@@H]1OC)O[C@H]1[C@@H](C)[C@H](n2cnc3c(NC(=O)c4ccccc4)ncnc32)[C@H]2C[C@@]21COC(c1ccccc1)(c1ccc(OC)cc1)c1ccc(OC)cc1. The molecule has 3 aliphatic rings. The number of hydrogen-bond donors (Lipinski definition) is 3. The predicted octanol–water partition coefficient (Wildman–Crippen LogP) is 12.9. The summed E-state index contributed by atoms with van der Waals surface area (Å²) in [5.41, 5.74) is 1.57. The highest BCUT2D eigenvalue weighted by Crippen LogP contribution is 2.74. The Hall–Kier alpha value is -10.6. The zero-order valence-electron chi connectivity index (χ0n) is 60.0. The smallest absolute Gasteiger partial charge is 0.327 e. The second-order valence-corrected chi connectivity index (χ2v) is 29.7. The van der Waals surface area contributed by atoms with Crippen LogP contribution in [0, 0.1) is 29.7 Å². The minimum absolute atomic E-state index is 0.0507. The average Bonchev–Trinajstić information content (AvgIpc) is 1.51. The summed E-state index contributed by atoms with van der Waals surface area (Å²) in [7, 11) is 7.98. The Kier molecular flexibility index (Phi) is 21.3. The molecule has 107 heavy (non-hydrogen) atoms. The molecule has 10 atom stereocenters. The van der Waals surface area contributed by atoms with E-state index in [4.69, 9.17) is 84.8 Å². The maximum atomic E-state index is 14.1. The zero-order chi connectivity index (χ0) is 74.6. The van der Waals surface area contributed by atoms with Gasteiger partial charge >= 0.3 is 6.72 Å². The van der Waals surface area contributed by atoms with Crippen molar-refractivity contribution in [3.05, 3.63) is 268 Å². The number of amides is 2. The number of nitrogens with zero attached hydrogens (tertiary/aromatic N) is 8. The molecule has 7 aromatic carbocycles. The first-order valence-corrected chi connectivity index (χ1v) is 37.5. The third-order valence-corrected chi connectivity index (χ3v) is 22.8. The van der Waals surface area contributed by atoms with Gasteiger partial charge < -0.3 is 66.2 Å². The Bertz CT molecular complexity index is 5020. The monoisotopic (exact) mass is 1480 g/mol. The van der Waals surface area contributed by atoms with Crippen LogP contribution in [0.2, 0.25) is 0 Å². The number of fused-ring (bicyclic) bond motifs is 3. The second-order valence-electron chi connectivity index (χ2n) is 26.8. The molecule has 0 bridgehead atoms. The Morgan fingerprint density at radius 2 is 1.19 bits per heavy atom. The van der Waals surface area contributed by atoms with Gasteiger partial charge in [-0.3, -0.25) is 29.3 Å². The Morgan fingerprint density at radius 1 is 0.664 bits per heavy atom. The molecule has 25 nitrogen and oxygen atoms in total. The van der Waals surface area contributed by atoms with E-state index in [2.05, 4.69) is 37.4 Å². The number of carbonyl (C=O) groups is 2. The lowest BCUT2D eigenvalue weighted by Crippen LogP contribution is -2.45. The molecule has 1 unspecified atom stereocenters. The number of carbonyl (C=O) groups excluding carboxylic acids is 2. The molecule has 1 saturated heterocycles. The zero-order valence-corrected chi connectivity index (χ0v) is 61.7. The molecule has 2 saturated carbocycles. The van der Waals surface area contributed by atoms with Gasteiger partial charge in [0, 0.05) is 36.0 Å². The van der Waals surface area contributed by atoms with Crippen molar-refractivity contribution >= 4 is 64.4 Å². The molecule has 27 heteroatoms. The van der Waals surface area contributed by atoms with Crippen molar-refractivity contribution in [2.45, 2.75) is 75.1 Å². The van der Waals surface area contributed by atoms with Gasteiger partial charge in [0.1, 0.15) is 65.4 Å². The van der Waals surface area contributed by atoms with Crippen molar-refractivity contribution in [1.29, 1.82) is 0 Å². The number of hydrogen-bond acceptors (Lipinski definition) is 20. The number of aromatic nitrogens is 8. The van der Waals surface area contributed by atoms with Crippen molar-refractivity contribution in [2.75, 3.05) is 72.5 Å². The van der Waals surface area contributed by atoms with Gasteiger partial charge in [0.05, 0.1) is 60.4 Å². The van der Waals surface area contributed by atoms with E-state index in [1.165, 1.54) is 19.8 Å². The van der Waals surface area contributed by atoms with Crippen molar-refractivity contribution in [3.63, 3.8) is 0 Å². The molecule has 0 spiro atoms. The molecule has 14 rings (SSSR count). The first-order chi connectivity index (χ1) is 52.0. The van der Waals surface area contributed by atoms with E-state index in [1.54, 1.807) is 77.4 Å². The van der Waals surface area contributed by atoms with Gasteiger partial charge in [-0.15, -0.1) is 0 Å². The first-order valence-electron chi connectivity index (χ1n) is 34.9. The number of H-pyrrole nitrogens is 1. The highest BCUT2D eigenvalue weighted by atomic mass is 32.5. The molecule has 1 aliphatic heterocycles. The maximum absolute atomic E-state index is 14.1. The molecule has 5 heterocycles. The molecule has 550 valence electrons. The number of methoxy groups -OCH3 is 5. The minimum atomic E-state index is -4.12. The van der Waals surface area contributed by atoms with Gasteiger partial charge in [0.2, 0.25) is 18.4 Å². The normalized spacial score (nSPS) is 21.0. The largest absolute Gasteiger partial charge is 0.497 e. The van der Waals surface area contributed by atoms with Crippen molar-refractivity contribution in [1.82, 2.24) is 39.0 Å². The number of benzene rings is 7. The lowest BCUT2D eigenvalue weighted by molar-refractivity contribution is -0.126. The Balaban J connectivity index is 0.881. The minimum Gasteiger partial charge on any atom is -0.497 e. The number of aromatic amines is 1. The Morgan fingerprint density at radius 3 is 1.73 bits per heavy atom. The third-order valence-electron chi connectivity index (χ3n) is 20.5. The van der Waals surface area contributed by atoms with Gasteiger partial charge in [-0.1, -0.05) is 148 Å². The van der Waals surface area contributed by atoms with Gasteiger partial charge in [-0.05, 0) is 118 Å². The fraction of sp³-hybridized carbons (Fsp3) is 0.312. The number of rotatable bonds is 30. The van der Waals surface area contributed by atoms with Crippen LogP contribution in [0.5, 0.6) is 23.0 Å². The van der Waals surface area contributed by atoms with E-state index in [0.717, 1.165) is 16.7 Å². The molecular weight excluding hydrogens is 1400 g/mol. The molecular formula is C80H80N11O14PS. The van der Waals surface area contributed by atoms with Crippen LogP contribution < -0.4 is 35.1 Å². The lowest BCUT2D eigenvalue weighted by Gasteiger charge is -2.40. The highest BCUT2D eigenvalue weighted by Gasteiger charge is 2.73. The predicted molar refractivity (Wildman–Crippen MR) is 403 cm³/mol. The van der Waals surface area contributed by atoms with E-state index in [1.807, 2.05) is 168 Å². The number of anilines is 2. The molecule has 3 N–H and O–H groups in total. The lowest BCUT2D eigenvalue weighted by atomic mass is 9.79. The quantitative estimate of drug-likeness (QED) is 0.0163. The van der Waals surface area contributed by atoms with Crippen LogP contribution in [-0.2, 0) is 60.3 Å². The summed E-state index contributed by atoms with van der Waals surface area (Å²) in [6.45, 7) is 8.84. The van der Waals surface area contributed by atoms with E-state index in [9.17, 15) is 14.4 Å². The number of ether oxygens (including phenoxy) is 8. The van der Waals surface area contributed by atoms with Gasteiger partial charge in [0.15, 0.2) is 34.4 Å². The van der Waals surface area contributed by atoms with E-state index in [0.29, 0.717) is 62.8 Å². The summed E-state index contributed by atoms with van der Waals surface area (Å²) < 4.78 is 77.7. The molecule has 11 aromatic rings. The van der Waals surface area contributed by atoms with Crippen LogP contribution in [0.15, 0.2) is 212 Å². The van der Waals surface area contributed by atoms with Crippen LogP contribution >= 0.6 is 6.72 Å². The van der Waals surface area contributed by atoms with Crippen LogP contribution in [0.1, 0.15) is 83.2 Å². The summed E-state index contributed by atoms with van der Waals surface area (Å²) in [6.07, 6.45) is -0.279. The maximum Gasteiger partial charge on any atom is 0.327 e. The standard InChI is InChI=1S/C80H80N11O14PS/c1-49(2)73(92)88-77-87-72-65(75(94)89-77)85-48-91(72)76-68(104-80(53-23-17-12-18-24-53,56-29-37-60(97-7)38-30-56)57-31-39-61(98-8)40-32-57)67(99-9)63(103-76)44-102-106(107,101-42-41-81-4)105-69-50(3)66(90-47-84-64-70(82-46-83-71(64)90)86-74(93)51-19-13-10-14-20-51)62-43-78(62,69)45-100-79(52-21-15-11-16-22-52,54-25-33-58(95-5)34-26-54)55-27-35-59(96-6)36-28-55/h10-40,46-50,62-63,66-69,76H,41-45H2,1-3,5-9H3,(H,82,83,86,93)(H2,87,88,89,92,94)/t50-,62+,63+,66-,67+,68+,69-,76+,78+,106?/m0/s1. The summed E-state index contributed by atoms with van der Waals surface area (Å²) in [5, 5.41) is 5.71. The second kappa shape index (κ2) is 31.1. The van der Waals surface area contributed by atoms with Gasteiger partial charge in [-0.25, -0.2) is 26.5 Å². The van der Waals surface area contributed by atoms with Gasteiger partial charge in [0.25, 0.3) is 11.5 Å². The summed E-state index contributed by atoms with van der Waals surface area (Å²) in [5.74, 6) is 0.766. The van der Waals surface area contributed by atoms with E-state index in [-0.39, 0.29) is 67.0 Å². The Labute approximate surface area is 622 Å². The topological polar surface area (TPSA) is 271 Å². The summed E-state index contributed by atoms with van der Waals surface area (Å²) in [6, 6.07) is 59.0. The molecule has 3 fully saturated rings. The average molecular weight is 1480 g/mol. The van der Waals surface area contributed by atoms with Crippen molar-refractivity contribution in [2.24, 2.45) is 23.2 Å². The van der Waals surface area contributed by atoms with Crippen LogP contribution in [0.25, 0.3) is 27.2 Å². The fourth-order valence-corrected chi connectivity index (χ4v) is 17.3. The van der Waals surface area contributed by atoms with Crippen LogP contribution in [0.4, 0.5) is 11.8 Å². The van der Waals surface area contributed by atoms with Gasteiger partial charge in [-0.2, -0.15) is 4.98 Å².